The Kier molecular flexibility index (Phi) is 4.35. The van der Waals surface area contributed by atoms with Gasteiger partial charge in [-0.05, 0) is 90.7 Å². The summed E-state index contributed by atoms with van der Waals surface area (Å²) < 4.78 is 2.69. The van der Waals surface area contributed by atoms with Crippen LogP contribution in [0.1, 0.15) is 22.3 Å². The van der Waals surface area contributed by atoms with Crippen LogP contribution < -0.4 is 0 Å². The third-order valence-corrected chi connectivity index (χ3v) is 10.8. The Balaban J connectivity index is 1.37. The highest BCUT2D eigenvalue weighted by Crippen LogP contribution is 2.64. The fourth-order valence-corrected chi connectivity index (χ4v) is 9.17. The lowest BCUT2D eigenvalue weighted by atomic mass is 9.70. The molecule has 0 nitrogen and oxygen atoms in total. The fourth-order valence-electron chi connectivity index (χ4n) is 8.08. The fraction of sp³-hybridized carbons (Fsp3) is 0.0244. The maximum atomic E-state index is 2.53. The summed E-state index contributed by atoms with van der Waals surface area (Å²) in [6.07, 6.45) is 0. The number of fused-ring (bicyclic) bond motifs is 15. The summed E-state index contributed by atoms with van der Waals surface area (Å²) in [6, 6.07) is 54.7. The third kappa shape index (κ3) is 2.68. The predicted molar refractivity (Wildman–Crippen MR) is 179 cm³/mol. The Morgan fingerprint density at radius 1 is 0.357 bits per heavy atom. The van der Waals surface area contributed by atoms with Crippen molar-refractivity contribution >= 4 is 42.3 Å². The van der Waals surface area contributed by atoms with Crippen molar-refractivity contribution in [1.29, 1.82) is 0 Å². The van der Waals surface area contributed by atoms with E-state index in [1.54, 1.807) is 0 Å². The van der Waals surface area contributed by atoms with E-state index in [1.807, 2.05) is 11.3 Å². The van der Waals surface area contributed by atoms with Crippen molar-refractivity contribution in [3.05, 3.63) is 168 Å². The van der Waals surface area contributed by atoms with Crippen LogP contribution in [0.15, 0.2) is 146 Å². The van der Waals surface area contributed by atoms with E-state index in [-0.39, 0.29) is 5.41 Å². The number of hydrogen-bond acceptors (Lipinski definition) is 1. The molecule has 0 aliphatic heterocycles. The SMILES string of the molecule is c1ccc2c(c1)-c1ccccc1C21c2ccccc2-c2c1cc(-c1ccc3sc4ccccc4c3c1)c1ccccc21. The van der Waals surface area contributed by atoms with Gasteiger partial charge in [0, 0.05) is 20.2 Å². The van der Waals surface area contributed by atoms with Crippen molar-refractivity contribution in [2.45, 2.75) is 5.41 Å². The van der Waals surface area contributed by atoms with Gasteiger partial charge in [0.2, 0.25) is 0 Å². The molecular formula is C41H24S. The van der Waals surface area contributed by atoms with Crippen LogP contribution in [0.4, 0.5) is 0 Å². The molecule has 8 aromatic rings. The molecule has 10 rings (SSSR count). The molecule has 0 bridgehead atoms. The first-order chi connectivity index (χ1) is 20.8. The van der Waals surface area contributed by atoms with Crippen LogP contribution in [0.2, 0.25) is 0 Å². The first-order valence-corrected chi connectivity index (χ1v) is 15.4. The maximum absolute atomic E-state index is 2.53. The number of benzene rings is 7. The summed E-state index contributed by atoms with van der Waals surface area (Å²) in [4.78, 5) is 0. The molecule has 0 radical (unpaired) electrons. The van der Waals surface area contributed by atoms with E-state index in [2.05, 4.69) is 146 Å². The highest BCUT2D eigenvalue weighted by atomic mass is 32.1. The first-order valence-electron chi connectivity index (χ1n) is 14.6. The Morgan fingerprint density at radius 3 is 1.64 bits per heavy atom. The number of rotatable bonds is 1. The molecular weight excluding hydrogens is 525 g/mol. The topological polar surface area (TPSA) is 0 Å². The van der Waals surface area contributed by atoms with Crippen LogP contribution in [0.3, 0.4) is 0 Å². The molecule has 0 atom stereocenters. The van der Waals surface area contributed by atoms with Gasteiger partial charge in [0.15, 0.2) is 0 Å². The van der Waals surface area contributed by atoms with Crippen LogP contribution in [0, 0.1) is 0 Å². The summed E-state index contributed by atoms with van der Waals surface area (Å²) in [7, 11) is 0. The van der Waals surface area contributed by atoms with E-state index < -0.39 is 0 Å². The van der Waals surface area contributed by atoms with Gasteiger partial charge in [-0.25, -0.2) is 0 Å². The Hall–Kier alpha value is -4.98. The van der Waals surface area contributed by atoms with Gasteiger partial charge in [-0.1, -0.05) is 121 Å². The lowest BCUT2D eigenvalue weighted by molar-refractivity contribution is 0.794. The van der Waals surface area contributed by atoms with Crippen molar-refractivity contribution in [1.82, 2.24) is 0 Å². The Labute approximate surface area is 248 Å². The molecule has 1 heteroatoms. The van der Waals surface area contributed by atoms with Crippen molar-refractivity contribution in [2.24, 2.45) is 0 Å². The van der Waals surface area contributed by atoms with Crippen LogP contribution in [0.5, 0.6) is 0 Å². The molecule has 7 aromatic carbocycles. The molecule has 0 fully saturated rings. The quantitative estimate of drug-likeness (QED) is 0.191. The number of thiophene rings is 1. The molecule has 1 aromatic heterocycles. The normalized spacial score (nSPS) is 13.9. The molecule has 2 aliphatic carbocycles. The third-order valence-electron chi connectivity index (χ3n) is 9.69. The second kappa shape index (κ2) is 8.06. The minimum atomic E-state index is -0.350. The molecule has 0 unspecified atom stereocenters. The van der Waals surface area contributed by atoms with Crippen LogP contribution >= 0.6 is 11.3 Å². The molecule has 0 saturated carbocycles. The average Bonchev–Trinajstić information content (AvgIpc) is 3.68. The van der Waals surface area contributed by atoms with Gasteiger partial charge in [-0.3, -0.25) is 0 Å². The second-order valence-electron chi connectivity index (χ2n) is 11.6. The van der Waals surface area contributed by atoms with Crippen LogP contribution in [-0.4, -0.2) is 0 Å². The molecule has 1 heterocycles. The van der Waals surface area contributed by atoms with Gasteiger partial charge in [-0.2, -0.15) is 0 Å². The average molecular weight is 549 g/mol. The number of hydrogen-bond donors (Lipinski definition) is 0. The lowest BCUT2D eigenvalue weighted by Crippen LogP contribution is -2.25. The van der Waals surface area contributed by atoms with Crippen molar-refractivity contribution < 1.29 is 0 Å². The summed E-state index contributed by atoms with van der Waals surface area (Å²) in [5.74, 6) is 0. The van der Waals surface area contributed by atoms with E-state index in [9.17, 15) is 0 Å². The van der Waals surface area contributed by atoms with Crippen molar-refractivity contribution in [3.8, 4) is 33.4 Å². The van der Waals surface area contributed by atoms with Gasteiger partial charge in [0.05, 0.1) is 5.41 Å². The smallest absolute Gasteiger partial charge is 0.0725 e. The van der Waals surface area contributed by atoms with Gasteiger partial charge in [0.25, 0.3) is 0 Å². The maximum Gasteiger partial charge on any atom is 0.0725 e. The summed E-state index contributed by atoms with van der Waals surface area (Å²) in [5.41, 5.74) is 13.2. The lowest BCUT2D eigenvalue weighted by Gasteiger charge is -2.31. The highest BCUT2D eigenvalue weighted by molar-refractivity contribution is 7.25. The van der Waals surface area contributed by atoms with Gasteiger partial charge in [-0.15, -0.1) is 11.3 Å². The van der Waals surface area contributed by atoms with Crippen molar-refractivity contribution in [3.63, 3.8) is 0 Å². The molecule has 1 spiro atoms. The minimum absolute atomic E-state index is 0.350. The van der Waals surface area contributed by atoms with E-state index in [1.165, 1.54) is 86.6 Å². The second-order valence-corrected chi connectivity index (χ2v) is 12.7. The Bertz CT molecular complexity index is 2380. The minimum Gasteiger partial charge on any atom is -0.135 e. The van der Waals surface area contributed by atoms with Crippen LogP contribution in [-0.2, 0) is 5.41 Å². The largest absolute Gasteiger partial charge is 0.135 e. The first kappa shape index (κ1) is 22.7. The van der Waals surface area contributed by atoms with E-state index in [0.29, 0.717) is 0 Å². The monoisotopic (exact) mass is 548 g/mol. The zero-order chi connectivity index (χ0) is 27.4. The summed E-state index contributed by atoms with van der Waals surface area (Å²) >= 11 is 1.88. The van der Waals surface area contributed by atoms with Gasteiger partial charge < -0.3 is 0 Å². The molecule has 0 N–H and O–H groups in total. The molecule has 0 amide bonds. The zero-order valence-corrected chi connectivity index (χ0v) is 23.6. The van der Waals surface area contributed by atoms with Gasteiger partial charge >= 0.3 is 0 Å². The highest BCUT2D eigenvalue weighted by Gasteiger charge is 2.52. The molecule has 194 valence electrons. The van der Waals surface area contributed by atoms with Crippen molar-refractivity contribution in [2.75, 3.05) is 0 Å². The molecule has 2 aliphatic rings. The van der Waals surface area contributed by atoms with E-state index >= 15 is 0 Å². The predicted octanol–water partition coefficient (Wildman–Crippen LogP) is 11.2. The summed E-state index contributed by atoms with van der Waals surface area (Å²) in [6.45, 7) is 0. The van der Waals surface area contributed by atoms with Gasteiger partial charge in [0.1, 0.15) is 0 Å². The molecule has 42 heavy (non-hydrogen) atoms. The van der Waals surface area contributed by atoms with E-state index in [0.717, 1.165) is 0 Å². The summed E-state index contributed by atoms with van der Waals surface area (Å²) in [5, 5.41) is 5.31. The molecule has 0 saturated heterocycles. The van der Waals surface area contributed by atoms with Crippen LogP contribution in [0.25, 0.3) is 64.3 Å². The Morgan fingerprint density at radius 2 is 0.905 bits per heavy atom. The van der Waals surface area contributed by atoms with E-state index in [4.69, 9.17) is 0 Å². The zero-order valence-electron chi connectivity index (χ0n) is 22.8. The standard InChI is InChI=1S/C41H24S/c1-2-15-30-26(11-1)32(25-21-22-39-33(23-25)29-14-6-10-20-38(29)42-39)24-37-40(30)31-16-5-9-19-36(31)41(37)34-17-7-3-12-27(34)28-13-4-8-18-35(28)41/h1-24H.